The van der Waals surface area contributed by atoms with Crippen molar-refractivity contribution >= 4 is 38.2 Å². The molecule has 33 heavy (non-hydrogen) atoms. The molecule has 0 spiro atoms. The number of anilines is 2. The van der Waals surface area contributed by atoms with Crippen LogP contribution in [0.25, 0.3) is 15.9 Å². The van der Waals surface area contributed by atoms with E-state index < -0.39 is 0 Å². The number of thiazole rings is 1. The lowest BCUT2D eigenvalue weighted by Gasteiger charge is -2.33. The van der Waals surface area contributed by atoms with Gasteiger partial charge in [0.2, 0.25) is 0 Å². The third-order valence-corrected chi connectivity index (χ3v) is 7.97. The van der Waals surface area contributed by atoms with Gasteiger partial charge >= 0.3 is 0 Å². The van der Waals surface area contributed by atoms with Crippen molar-refractivity contribution in [1.82, 2.24) is 24.5 Å². The van der Waals surface area contributed by atoms with Gasteiger partial charge < -0.3 is 15.1 Å². The number of hydrogen-bond acceptors (Lipinski definition) is 7. The van der Waals surface area contributed by atoms with Gasteiger partial charge in [-0.15, -0.1) is 5.10 Å². The van der Waals surface area contributed by atoms with Crippen LogP contribution in [-0.4, -0.2) is 63.8 Å². The van der Waals surface area contributed by atoms with Gasteiger partial charge in [-0.1, -0.05) is 36.7 Å². The molecule has 1 aliphatic heterocycles. The summed E-state index contributed by atoms with van der Waals surface area (Å²) in [7, 11) is 2.18. The maximum Gasteiger partial charge on any atom is 0.184 e. The number of benzene rings is 1. The van der Waals surface area contributed by atoms with E-state index >= 15 is 0 Å². The van der Waals surface area contributed by atoms with Crippen LogP contribution in [0.4, 0.5) is 10.9 Å². The normalized spacial score (nSPS) is 18.4. The fourth-order valence-corrected chi connectivity index (χ4v) is 6.01. The Morgan fingerprint density at radius 1 is 1.03 bits per heavy atom. The van der Waals surface area contributed by atoms with Gasteiger partial charge in [-0.05, 0) is 49.7 Å². The van der Waals surface area contributed by atoms with Crippen LogP contribution in [0, 0.1) is 0 Å². The van der Waals surface area contributed by atoms with Crippen molar-refractivity contribution in [2.75, 3.05) is 43.4 Å². The first-order valence-corrected chi connectivity index (χ1v) is 13.0. The van der Waals surface area contributed by atoms with E-state index in [1.54, 1.807) is 11.3 Å². The lowest BCUT2D eigenvalue weighted by Crippen LogP contribution is -2.44. The standard InChI is InChI=1S/C25H31N7S/c1-30-11-13-31(14-12-30)24-10-9-23-26-17-20(32(23)29-24)15-18-7-8-21-22(16-18)33-25(28-21)27-19-5-3-2-4-6-19/h7-10,16-17,19H,2-6,11-15H2,1H3,(H,27,28). The minimum Gasteiger partial charge on any atom is -0.359 e. The van der Waals surface area contributed by atoms with E-state index in [1.165, 1.54) is 42.4 Å². The average molecular weight is 462 g/mol. The summed E-state index contributed by atoms with van der Waals surface area (Å²) in [4.78, 5) is 14.2. The van der Waals surface area contributed by atoms with Crippen LogP contribution in [0.5, 0.6) is 0 Å². The highest BCUT2D eigenvalue weighted by Crippen LogP contribution is 2.30. The number of hydrogen-bond donors (Lipinski definition) is 1. The number of likely N-dealkylation sites (N-methyl/N-ethyl adjacent to an activating group) is 1. The molecule has 2 aliphatic rings. The van der Waals surface area contributed by atoms with Gasteiger partial charge in [0.05, 0.1) is 22.1 Å². The summed E-state index contributed by atoms with van der Waals surface area (Å²) < 4.78 is 3.26. The van der Waals surface area contributed by atoms with Gasteiger partial charge in [-0.25, -0.2) is 14.5 Å². The van der Waals surface area contributed by atoms with Crippen LogP contribution in [0.3, 0.4) is 0 Å². The molecule has 4 heterocycles. The van der Waals surface area contributed by atoms with Gasteiger partial charge in [-0.3, -0.25) is 0 Å². The zero-order valence-corrected chi connectivity index (χ0v) is 20.0. The van der Waals surface area contributed by atoms with Crippen LogP contribution in [0.2, 0.25) is 0 Å². The predicted molar refractivity (Wildman–Crippen MR) is 136 cm³/mol. The molecule has 1 aromatic carbocycles. The number of aromatic nitrogens is 4. The molecule has 0 unspecified atom stereocenters. The molecule has 1 N–H and O–H groups in total. The second-order valence-corrected chi connectivity index (χ2v) is 10.5. The molecule has 0 amide bonds. The van der Waals surface area contributed by atoms with Crippen molar-refractivity contribution in [3.05, 3.63) is 47.8 Å². The summed E-state index contributed by atoms with van der Waals surface area (Å²) in [5, 5.41) is 9.69. The quantitative estimate of drug-likeness (QED) is 0.475. The molecule has 1 aliphatic carbocycles. The SMILES string of the molecule is CN1CCN(c2ccc3ncc(Cc4ccc5nc(NC6CCCCC6)sc5c4)n3n2)CC1. The smallest absolute Gasteiger partial charge is 0.184 e. The Morgan fingerprint density at radius 3 is 2.73 bits per heavy atom. The molecular formula is C25H31N7S. The summed E-state index contributed by atoms with van der Waals surface area (Å²) in [6.45, 7) is 4.17. The summed E-state index contributed by atoms with van der Waals surface area (Å²) >= 11 is 1.77. The van der Waals surface area contributed by atoms with E-state index in [0.717, 1.165) is 60.4 Å². The lowest BCUT2D eigenvalue weighted by atomic mass is 9.96. The minimum absolute atomic E-state index is 0.581. The van der Waals surface area contributed by atoms with Crippen LogP contribution < -0.4 is 10.2 Å². The Morgan fingerprint density at radius 2 is 1.88 bits per heavy atom. The third kappa shape index (κ3) is 4.42. The van der Waals surface area contributed by atoms with Gasteiger partial charge in [0.15, 0.2) is 10.8 Å². The number of rotatable bonds is 5. The first-order valence-electron chi connectivity index (χ1n) is 12.1. The van der Waals surface area contributed by atoms with Crippen molar-refractivity contribution in [1.29, 1.82) is 0 Å². The first-order chi connectivity index (χ1) is 16.2. The summed E-state index contributed by atoms with van der Waals surface area (Å²) in [5.74, 6) is 1.03. The Hall–Kier alpha value is -2.71. The van der Waals surface area contributed by atoms with E-state index in [2.05, 4.69) is 57.5 Å². The highest BCUT2D eigenvalue weighted by atomic mass is 32.1. The first kappa shape index (κ1) is 20.9. The second kappa shape index (κ2) is 8.91. The van der Waals surface area contributed by atoms with Crippen LogP contribution >= 0.6 is 11.3 Å². The second-order valence-electron chi connectivity index (χ2n) is 9.48. The Bertz CT molecular complexity index is 1250. The molecule has 172 valence electrons. The van der Waals surface area contributed by atoms with Gasteiger partial charge in [-0.2, -0.15) is 0 Å². The fourth-order valence-electron chi connectivity index (χ4n) is 5.01. The van der Waals surface area contributed by atoms with E-state index in [9.17, 15) is 0 Å². The monoisotopic (exact) mass is 461 g/mol. The van der Waals surface area contributed by atoms with E-state index in [-0.39, 0.29) is 0 Å². The molecule has 0 atom stereocenters. The van der Waals surface area contributed by atoms with Crippen molar-refractivity contribution in [2.24, 2.45) is 0 Å². The van der Waals surface area contributed by atoms with Gasteiger partial charge in [0.25, 0.3) is 0 Å². The number of nitrogens with one attached hydrogen (secondary N) is 1. The zero-order chi connectivity index (χ0) is 22.2. The zero-order valence-electron chi connectivity index (χ0n) is 19.2. The van der Waals surface area contributed by atoms with Crippen LogP contribution in [0.15, 0.2) is 36.5 Å². The maximum atomic E-state index is 4.95. The molecule has 3 aromatic heterocycles. The minimum atomic E-state index is 0.581. The fraction of sp³-hybridized carbons (Fsp3) is 0.480. The highest BCUT2D eigenvalue weighted by molar-refractivity contribution is 7.22. The summed E-state index contributed by atoms with van der Waals surface area (Å²) in [6.07, 6.45) is 9.32. The number of nitrogens with zero attached hydrogens (tertiary/aromatic N) is 6. The van der Waals surface area contributed by atoms with Gasteiger partial charge in [0, 0.05) is 38.6 Å². The van der Waals surface area contributed by atoms with E-state index in [4.69, 9.17) is 10.1 Å². The third-order valence-electron chi connectivity index (χ3n) is 7.02. The topological polar surface area (TPSA) is 61.6 Å². The Labute approximate surface area is 198 Å². The molecule has 1 saturated carbocycles. The van der Waals surface area contributed by atoms with E-state index in [0.29, 0.717) is 6.04 Å². The molecule has 1 saturated heterocycles. The number of imidazole rings is 1. The largest absolute Gasteiger partial charge is 0.359 e. The van der Waals surface area contributed by atoms with Crippen LogP contribution in [0.1, 0.15) is 43.4 Å². The van der Waals surface area contributed by atoms with Crippen LogP contribution in [-0.2, 0) is 6.42 Å². The lowest BCUT2D eigenvalue weighted by molar-refractivity contribution is 0.311. The average Bonchev–Trinajstić information content (AvgIpc) is 3.43. The number of fused-ring (bicyclic) bond motifs is 2. The van der Waals surface area contributed by atoms with Crippen molar-refractivity contribution in [3.8, 4) is 0 Å². The molecule has 7 nitrogen and oxygen atoms in total. The molecule has 6 rings (SSSR count). The maximum absolute atomic E-state index is 4.95. The molecule has 4 aromatic rings. The molecular weight excluding hydrogens is 430 g/mol. The predicted octanol–water partition coefficient (Wildman–Crippen LogP) is 4.43. The van der Waals surface area contributed by atoms with Crippen molar-refractivity contribution in [2.45, 2.75) is 44.6 Å². The number of piperazine rings is 1. The highest BCUT2D eigenvalue weighted by Gasteiger charge is 2.18. The van der Waals surface area contributed by atoms with Crippen molar-refractivity contribution < 1.29 is 0 Å². The molecule has 0 bridgehead atoms. The molecule has 2 fully saturated rings. The summed E-state index contributed by atoms with van der Waals surface area (Å²) in [5.41, 5.74) is 4.37. The Balaban J connectivity index is 1.22. The molecule has 0 radical (unpaired) electrons. The molecule has 8 heteroatoms. The Kier molecular flexibility index (Phi) is 5.63. The summed E-state index contributed by atoms with van der Waals surface area (Å²) in [6, 6.07) is 11.4. The van der Waals surface area contributed by atoms with Gasteiger partial charge in [0.1, 0.15) is 5.82 Å². The van der Waals surface area contributed by atoms with Crippen molar-refractivity contribution in [3.63, 3.8) is 0 Å². The van der Waals surface area contributed by atoms with E-state index in [1.807, 2.05) is 10.7 Å².